The molecule has 0 bridgehead atoms. The van der Waals surface area contributed by atoms with Crippen LogP contribution in [-0.2, 0) is 26.1 Å². The molecule has 12 heteroatoms. The van der Waals surface area contributed by atoms with Gasteiger partial charge in [0.2, 0.25) is 0 Å². The smallest absolute Gasteiger partial charge is 0.270 e. The molecule has 180 valence electrons. The third kappa shape index (κ3) is 6.20. The quantitative estimate of drug-likeness (QED) is 0.129. The van der Waals surface area contributed by atoms with Gasteiger partial charge in [-0.1, -0.05) is 25.1 Å². The first-order valence-electron chi connectivity index (χ1n) is 10.9. The van der Waals surface area contributed by atoms with Crippen LogP contribution in [0.4, 0.5) is 0 Å². The summed E-state index contributed by atoms with van der Waals surface area (Å²) in [5, 5.41) is 9.79. The van der Waals surface area contributed by atoms with Crippen LogP contribution in [0.3, 0.4) is 0 Å². The molecular formula is C22H30N10O2. The highest BCUT2D eigenvalue weighted by atomic mass is 16.2. The van der Waals surface area contributed by atoms with Crippen molar-refractivity contribution in [3.8, 4) is 0 Å². The third-order valence-electron chi connectivity index (χ3n) is 5.31. The van der Waals surface area contributed by atoms with Crippen LogP contribution in [0, 0.1) is 0 Å². The van der Waals surface area contributed by atoms with Crippen LogP contribution in [0.2, 0.25) is 0 Å². The maximum absolute atomic E-state index is 12.7. The van der Waals surface area contributed by atoms with Crippen molar-refractivity contribution in [2.75, 3.05) is 0 Å². The average Bonchev–Trinajstić information content (AvgIpc) is 3.35. The Labute approximate surface area is 197 Å². The van der Waals surface area contributed by atoms with Crippen molar-refractivity contribution in [3.05, 3.63) is 76.6 Å². The van der Waals surface area contributed by atoms with E-state index in [1.54, 1.807) is 10.9 Å². The largest absolute Gasteiger partial charge is 0.347 e. The molecule has 34 heavy (non-hydrogen) atoms. The normalized spacial score (nSPS) is 11.0. The van der Waals surface area contributed by atoms with E-state index in [9.17, 15) is 9.59 Å². The van der Waals surface area contributed by atoms with Gasteiger partial charge in [0, 0.05) is 37.5 Å². The minimum absolute atomic E-state index is 0.105. The van der Waals surface area contributed by atoms with Gasteiger partial charge in [-0.25, -0.2) is 20.8 Å². The van der Waals surface area contributed by atoms with E-state index in [4.69, 9.17) is 11.7 Å². The second-order valence-corrected chi connectivity index (χ2v) is 7.51. The topological polar surface area (TPSA) is 178 Å². The number of rotatable bonds is 11. The second kappa shape index (κ2) is 12.0. The summed E-state index contributed by atoms with van der Waals surface area (Å²) < 4.78 is 1.77. The van der Waals surface area contributed by atoms with Crippen LogP contribution >= 0.6 is 0 Å². The van der Waals surface area contributed by atoms with Crippen molar-refractivity contribution in [2.24, 2.45) is 11.7 Å². The Morgan fingerprint density at radius 3 is 2.24 bits per heavy atom. The van der Waals surface area contributed by atoms with E-state index in [1.165, 1.54) is 12.4 Å². The fraction of sp³-hybridized carbons (Fsp3) is 0.318. The van der Waals surface area contributed by atoms with E-state index in [0.717, 1.165) is 35.2 Å². The molecule has 0 saturated carbocycles. The molecule has 3 rings (SSSR count). The van der Waals surface area contributed by atoms with Crippen molar-refractivity contribution >= 4 is 11.8 Å². The van der Waals surface area contributed by atoms with Gasteiger partial charge in [-0.05, 0) is 30.0 Å². The summed E-state index contributed by atoms with van der Waals surface area (Å²) >= 11 is 0. The molecule has 12 nitrogen and oxygen atoms in total. The maximum Gasteiger partial charge on any atom is 0.270 e. The molecule has 0 atom stereocenters. The number of nitrogens with one attached hydrogen (secondary N) is 4. The van der Waals surface area contributed by atoms with Gasteiger partial charge in [0.25, 0.3) is 11.8 Å². The summed E-state index contributed by atoms with van der Waals surface area (Å²) in [5.41, 5.74) is 9.14. The number of carbonyl (C=O) groups excluding carboxylic acids is 2. The summed E-state index contributed by atoms with van der Waals surface area (Å²) in [5.74, 6) is 10.2. The van der Waals surface area contributed by atoms with Crippen molar-refractivity contribution in [1.29, 1.82) is 0 Å². The SMILES string of the molecule is CCc1cc(C(NN)NN)ccc1CNC(=O)c1cc(C(=O)NCc2cnn(CC)c2)ncn1. The van der Waals surface area contributed by atoms with Gasteiger partial charge in [-0.15, -0.1) is 0 Å². The number of aromatic nitrogens is 4. The van der Waals surface area contributed by atoms with Crippen molar-refractivity contribution in [2.45, 2.75) is 46.1 Å². The minimum Gasteiger partial charge on any atom is -0.347 e. The van der Waals surface area contributed by atoms with Gasteiger partial charge >= 0.3 is 0 Å². The monoisotopic (exact) mass is 466 g/mol. The molecule has 8 N–H and O–H groups in total. The predicted molar refractivity (Wildman–Crippen MR) is 125 cm³/mol. The summed E-state index contributed by atoms with van der Waals surface area (Å²) in [6.07, 6.45) is 5.12. The Balaban J connectivity index is 1.62. The third-order valence-corrected chi connectivity index (χ3v) is 5.31. The number of aryl methyl sites for hydroxylation is 2. The Morgan fingerprint density at radius 1 is 0.971 bits per heavy atom. The number of hydrogen-bond acceptors (Lipinski definition) is 9. The van der Waals surface area contributed by atoms with Gasteiger partial charge in [0.15, 0.2) is 0 Å². The fourth-order valence-electron chi connectivity index (χ4n) is 3.38. The maximum atomic E-state index is 12.7. The van der Waals surface area contributed by atoms with Crippen molar-refractivity contribution < 1.29 is 9.59 Å². The second-order valence-electron chi connectivity index (χ2n) is 7.51. The molecule has 1 aromatic carbocycles. The van der Waals surface area contributed by atoms with Gasteiger partial charge in [-0.3, -0.25) is 26.0 Å². The van der Waals surface area contributed by atoms with Gasteiger partial charge < -0.3 is 10.6 Å². The lowest BCUT2D eigenvalue weighted by atomic mass is 10.0. The number of hydrogen-bond donors (Lipinski definition) is 6. The molecule has 2 heterocycles. The molecule has 0 aliphatic rings. The van der Waals surface area contributed by atoms with E-state index >= 15 is 0 Å². The number of hydrazine groups is 2. The number of carbonyl (C=O) groups is 2. The zero-order chi connectivity index (χ0) is 24.5. The molecular weight excluding hydrogens is 436 g/mol. The number of nitrogens with two attached hydrogens (primary N) is 2. The fourth-order valence-corrected chi connectivity index (χ4v) is 3.38. The molecule has 0 saturated heterocycles. The van der Waals surface area contributed by atoms with Crippen LogP contribution in [0.1, 0.15) is 63.2 Å². The minimum atomic E-state index is -0.406. The van der Waals surface area contributed by atoms with Crippen molar-refractivity contribution in [1.82, 2.24) is 41.2 Å². The molecule has 0 radical (unpaired) electrons. The van der Waals surface area contributed by atoms with E-state index in [1.807, 2.05) is 38.2 Å². The molecule has 0 spiro atoms. The highest BCUT2D eigenvalue weighted by Crippen LogP contribution is 2.17. The average molecular weight is 467 g/mol. The van der Waals surface area contributed by atoms with Gasteiger partial charge in [-0.2, -0.15) is 5.10 Å². The Kier molecular flexibility index (Phi) is 8.76. The predicted octanol–water partition coefficient (Wildman–Crippen LogP) is 0.0406. The highest BCUT2D eigenvalue weighted by molar-refractivity contribution is 5.97. The van der Waals surface area contributed by atoms with Gasteiger partial charge in [0.05, 0.1) is 6.20 Å². The Morgan fingerprint density at radius 2 is 1.65 bits per heavy atom. The molecule has 0 aliphatic carbocycles. The molecule has 0 unspecified atom stereocenters. The Bertz CT molecular complexity index is 1130. The molecule has 0 aliphatic heterocycles. The Hall–Kier alpha value is -3.71. The molecule has 2 amide bonds. The summed E-state index contributed by atoms with van der Waals surface area (Å²) in [4.78, 5) is 33.2. The summed E-state index contributed by atoms with van der Waals surface area (Å²) in [6.45, 7) is 5.35. The lowest BCUT2D eigenvalue weighted by Gasteiger charge is -2.18. The lowest BCUT2D eigenvalue weighted by molar-refractivity contribution is 0.0944. The summed E-state index contributed by atoms with van der Waals surface area (Å²) in [6, 6.07) is 7.13. The first-order valence-corrected chi connectivity index (χ1v) is 10.9. The van der Waals surface area contributed by atoms with Crippen LogP contribution in [0.5, 0.6) is 0 Å². The zero-order valence-electron chi connectivity index (χ0n) is 19.2. The molecule has 0 fully saturated rings. The zero-order valence-corrected chi connectivity index (χ0v) is 19.2. The number of benzene rings is 1. The number of amides is 2. The molecule has 3 aromatic rings. The van der Waals surface area contributed by atoms with E-state index in [0.29, 0.717) is 13.1 Å². The van der Waals surface area contributed by atoms with Crippen LogP contribution < -0.4 is 33.2 Å². The van der Waals surface area contributed by atoms with Crippen LogP contribution in [0.25, 0.3) is 0 Å². The highest BCUT2D eigenvalue weighted by Gasteiger charge is 2.15. The summed E-state index contributed by atoms with van der Waals surface area (Å²) in [7, 11) is 0. The van der Waals surface area contributed by atoms with Crippen LogP contribution in [0.15, 0.2) is 43.0 Å². The van der Waals surface area contributed by atoms with E-state index in [2.05, 4.69) is 36.6 Å². The van der Waals surface area contributed by atoms with Crippen LogP contribution in [-0.4, -0.2) is 31.6 Å². The first kappa shape index (κ1) is 24.9. The van der Waals surface area contributed by atoms with E-state index in [-0.39, 0.29) is 17.6 Å². The number of nitrogens with zero attached hydrogens (tertiary/aromatic N) is 4. The first-order chi connectivity index (χ1) is 16.5. The van der Waals surface area contributed by atoms with E-state index < -0.39 is 11.8 Å². The van der Waals surface area contributed by atoms with Gasteiger partial charge in [0.1, 0.15) is 23.9 Å². The molecule has 2 aromatic heterocycles. The van der Waals surface area contributed by atoms with Crippen molar-refractivity contribution in [3.63, 3.8) is 0 Å². The lowest BCUT2D eigenvalue weighted by Crippen LogP contribution is -2.42. The standard InChI is InChI=1S/C22H30N10O2/c1-3-15-7-16(20(30-23)31-24)5-6-17(15)11-26-22(34)19-8-18(27-13-28-19)21(33)25-9-14-10-29-32(4-2)12-14/h5-8,10,12-13,20,30-31H,3-4,9,11,23-24H2,1-2H3,(H,25,33)(H,26,34).